The zero-order valence-corrected chi connectivity index (χ0v) is 14.2. The number of alkyl halides is 1. The second-order valence-electron chi connectivity index (χ2n) is 4.22. The minimum atomic E-state index is -0.644. The molecule has 0 aliphatic rings. The summed E-state index contributed by atoms with van der Waals surface area (Å²) in [6, 6.07) is 2.05. The summed E-state index contributed by atoms with van der Waals surface area (Å²) in [5.74, 6) is -0.491. The van der Waals surface area contributed by atoms with Gasteiger partial charge in [0.2, 0.25) is 11.6 Å². The molecule has 2 rings (SSSR count). The van der Waals surface area contributed by atoms with E-state index < -0.39 is 10.7 Å². The smallest absolute Gasteiger partial charge is 0.312 e. The largest absolute Gasteiger partial charge is 0.432 e. The van der Waals surface area contributed by atoms with Crippen LogP contribution in [-0.2, 0) is 12.4 Å². The van der Waals surface area contributed by atoms with E-state index in [4.69, 9.17) is 4.74 Å². The van der Waals surface area contributed by atoms with Crippen LogP contribution in [0.1, 0.15) is 11.3 Å². The molecule has 0 aliphatic carbocycles. The third-order valence-electron chi connectivity index (χ3n) is 2.83. The molecule has 0 radical (unpaired) electrons. The molecule has 9 heteroatoms. The molecule has 2 aromatic rings. The minimum Gasteiger partial charge on any atom is -0.432 e. The predicted molar refractivity (Wildman–Crippen MR) is 81.4 cm³/mol. The number of ether oxygens (including phenoxy) is 1. The Morgan fingerprint density at radius 2 is 2.19 bits per heavy atom. The lowest BCUT2D eigenvalue weighted by Crippen LogP contribution is -2.00. The molecule has 0 N–H and O–H groups in total. The zero-order chi connectivity index (χ0) is 15.7. The lowest BCUT2D eigenvalue weighted by atomic mass is 10.2. The number of hydrogen-bond donors (Lipinski definition) is 0. The maximum Gasteiger partial charge on any atom is 0.312 e. The Kier molecular flexibility index (Phi) is 4.62. The first-order valence-corrected chi connectivity index (χ1v) is 7.66. The normalized spacial score (nSPS) is 10.7. The molecule has 0 bridgehead atoms. The number of nitro groups is 1. The van der Waals surface area contributed by atoms with Gasteiger partial charge in [0.1, 0.15) is 5.82 Å². The van der Waals surface area contributed by atoms with E-state index in [1.54, 1.807) is 14.0 Å². The van der Waals surface area contributed by atoms with Gasteiger partial charge in [-0.05, 0) is 22.9 Å². The SMILES string of the molecule is Cc1nn(C)c(Oc2cc(F)c(Br)cc2[N+](=O)[O-])c1CBr. The van der Waals surface area contributed by atoms with E-state index in [1.165, 1.54) is 4.68 Å². The molecule has 0 fully saturated rings. The summed E-state index contributed by atoms with van der Waals surface area (Å²) in [5.41, 5.74) is 1.14. The van der Waals surface area contributed by atoms with E-state index in [2.05, 4.69) is 37.0 Å². The topological polar surface area (TPSA) is 70.2 Å². The summed E-state index contributed by atoms with van der Waals surface area (Å²) < 4.78 is 20.6. The fourth-order valence-electron chi connectivity index (χ4n) is 1.81. The van der Waals surface area contributed by atoms with Crippen molar-refractivity contribution in [2.45, 2.75) is 12.3 Å². The molecular formula is C12H10Br2FN3O3. The van der Waals surface area contributed by atoms with Crippen molar-refractivity contribution in [3.8, 4) is 11.6 Å². The highest BCUT2D eigenvalue weighted by molar-refractivity contribution is 9.10. The molecule has 21 heavy (non-hydrogen) atoms. The number of benzene rings is 1. The first-order chi connectivity index (χ1) is 9.85. The molecule has 0 unspecified atom stereocenters. The standard InChI is InChI=1S/C12H10Br2FN3O3/c1-6-7(5-13)12(17(2)16-6)21-11-4-9(15)8(14)3-10(11)18(19)20/h3-4H,5H2,1-2H3. The number of nitrogens with zero attached hydrogens (tertiary/aromatic N) is 3. The summed E-state index contributed by atoms with van der Waals surface area (Å²) in [4.78, 5) is 10.4. The predicted octanol–water partition coefficient (Wildman–Crippen LogP) is 4.23. The molecular weight excluding hydrogens is 413 g/mol. The van der Waals surface area contributed by atoms with Crippen LogP contribution in [0.5, 0.6) is 11.6 Å². The number of rotatable bonds is 4. The lowest BCUT2D eigenvalue weighted by Gasteiger charge is -2.09. The lowest BCUT2D eigenvalue weighted by molar-refractivity contribution is -0.385. The third kappa shape index (κ3) is 3.08. The number of nitro benzene ring substituents is 1. The quantitative estimate of drug-likeness (QED) is 0.420. The van der Waals surface area contributed by atoms with Gasteiger partial charge in [-0.15, -0.1) is 0 Å². The Morgan fingerprint density at radius 3 is 2.76 bits per heavy atom. The second kappa shape index (κ2) is 6.10. The highest BCUT2D eigenvalue weighted by Crippen LogP contribution is 2.37. The molecule has 1 aromatic carbocycles. The molecule has 112 valence electrons. The van der Waals surface area contributed by atoms with E-state index in [-0.39, 0.29) is 15.9 Å². The zero-order valence-electron chi connectivity index (χ0n) is 11.1. The Balaban J connectivity index is 2.54. The molecule has 1 aromatic heterocycles. The molecule has 6 nitrogen and oxygen atoms in total. The molecule has 0 spiro atoms. The van der Waals surface area contributed by atoms with Crippen molar-refractivity contribution >= 4 is 37.5 Å². The Hall–Kier alpha value is -1.48. The second-order valence-corrected chi connectivity index (χ2v) is 5.63. The van der Waals surface area contributed by atoms with E-state index in [1.807, 2.05) is 0 Å². The number of aryl methyl sites for hydroxylation is 2. The van der Waals surface area contributed by atoms with Gasteiger partial charge in [0.25, 0.3) is 0 Å². The summed E-state index contributed by atoms with van der Waals surface area (Å²) in [5, 5.41) is 15.7. The third-order valence-corrected chi connectivity index (χ3v) is 4.00. The van der Waals surface area contributed by atoms with Gasteiger partial charge in [-0.2, -0.15) is 5.10 Å². The fourth-order valence-corrected chi connectivity index (χ4v) is 2.79. The molecule has 0 aliphatic heterocycles. The monoisotopic (exact) mass is 421 g/mol. The summed E-state index contributed by atoms with van der Waals surface area (Å²) in [6.07, 6.45) is 0. The van der Waals surface area contributed by atoms with Crippen molar-refractivity contribution in [1.82, 2.24) is 9.78 Å². The van der Waals surface area contributed by atoms with Gasteiger partial charge in [0.15, 0.2) is 0 Å². The molecule has 0 atom stereocenters. The maximum atomic E-state index is 13.6. The van der Waals surface area contributed by atoms with Crippen molar-refractivity contribution in [3.05, 3.63) is 43.8 Å². The average Bonchev–Trinajstić information content (AvgIpc) is 2.67. The molecule has 0 saturated heterocycles. The van der Waals surface area contributed by atoms with Crippen LogP contribution in [0.4, 0.5) is 10.1 Å². The van der Waals surface area contributed by atoms with Gasteiger partial charge in [-0.3, -0.25) is 10.1 Å². The van der Waals surface area contributed by atoms with Gasteiger partial charge in [-0.25, -0.2) is 9.07 Å². The highest BCUT2D eigenvalue weighted by Gasteiger charge is 2.23. The van der Waals surface area contributed by atoms with Crippen molar-refractivity contribution in [2.24, 2.45) is 7.05 Å². The van der Waals surface area contributed by atoms with E-state index in [0.717, 1.165) is 23.4 Å². The van der Waals surface area contributed by atoms with Crippen molar-refractivity contribution < 1.29 is 14.1 Å². The van der Waals surface area contributed by atoms with Crippen LogP contribution in [0.25, 0.3) is 0 Å². The number of aromatic nitrogens is 2. The van der Waals surface area contributed by atoms with Gasteiger partial charge < -0.3 is 4.74 Å². The fraction of sp³-hybridized carbons (Fsp3) is 0.250. The van der Waals surface area contributed by atoms with Gasteiger partial charge >= 0.3 is 5.69 Å². The Labute approximate surface area is 136 Å². The van der Waals surface area contributed by atoms with Crippen molar-refractivity contribution in [1.29, 1.82) is 0 Å². The minimum absolute atomic E-state index is 0.00320. The molecule has 1 heterocycles. The summed E-state index contributed by atoms with van der Waals surface area (Å²) in [6.45, 7) is 1.79. The first kappa shape index (κ1) is 15.9. The summed E-state index contributed by atoms with van der Waals surface area (Å²) >= 11 is 6.23. The van der Waals surface area contributed by atoms with Crippen LogP contribution in [0, 0.1) is 22.9 Å². The average molecular weight is 423 g/mol. The Morgan fingerprint density at radius 1 is 1.52 bits per heavy atom. The number of halogens is 3. The van der Waals surface area contributed by atoms with Crippen LogP contribution in [0.3, 0.4) is 0 Å². The van der Waals surface area contributed by atoms with Crippen molar-refractivity contribution in [3.63, 3.8) is 0 Å². The van der Waals surface area contributed by atoms with Gasteiger partial charge in [-0.1, -0.05) is 15.9 Å². The first-order valence-electron chi connectivity index (χ1n) is 5.74. The van der Waals surface area contributed by atoms with Gasteiger partial charge in [0, 0.05) is 30.1 Å². The van der Waals surface area contributed by atoms with E-state index >= 15 is 0 Å². The van der Waals surface area contributed by atoms with Crippen LogP contribution in [-0.4, -0.2) is 14.7 Å². The Bertz CT molecular complexity index is 718. The van der Waals surface area contributed by atoms with Crippen molar-refractivity contribution in [2.75, 3.05) is 0 Å². The molecule has 0 amide bonds. The van der Waals surface area contributed by atoms with Crippen LogP contribution in [0.15, 0.2) is 16.6 Å². The number of hydrogen-bond acceptors (Lipinski definition) is 4. The van der Waals surface area contributed by atoms with Crippen LogP contribution >= 0.6 is 31.9 Å². The van der Waals surface area contributed by atoms with E-state index in [9.17, 15) is 14.5 Å². The highest BCUT2D eigenvalue weighted by atomic mass is 79.9. The maximum absolute atomic E-state index is 13.6. The molecule has 0 saturated carbocycles. The van der Waals surface area contributed by atoms with E-state index in [0.29, 0.717) is 11.2 Å². The van der Waals surface area contributed by atoms with Crippen LogP contribution in [0.2, 0.25) is 0 Å². The van der Waals surface area contributed by atoms with Crippen LogP contribution < -0.4 is 4.74 Å². The summed E-state index contributed by atoms with van der Waals surface area (Å²) in [7, 11) is 1.65. The van der Waals surface area contributed by atoms with Gasteiger partial charge in [0.05, 0.1) is 15.1 Å².